The molecule has 0 fully saturated rings. The monoisotopic (exact) mass is 253 g/mol. The van der Waals surface area contributed by atoms with E-state index in [2.05, 4.69) is 0 Å². The van der Waals surface area contributed by atoms with E-state index >= 15 is 0 Å². The van der Waals surface area contributed by atoms with E-state index in [1.807, 2.05) is 25.1 Å². The average Bonchev–Trinajstić information content (AvgIpc) is 2.81. The standard InChI is InChI=1S/C13H19NO4/c1-14(2)5-6-16-8-11(15)10-3-4-12-13(7-10)18-9-17-12/h3-4,7,11,15H,5-6,8-9H2,1-2H3. The van der Waals surface area contributed by atoms with E-state index < -0.39 is 6.10 Å². The summed E-state index contributed by atoms with van der Waals surface area (Å²) in [6.07, 6.45) is -0.637. The summed E-state index contributed by atoms with van der Waals surface area (Å²) in [6, 6.07) is 5.43. The Kier molecular flexibility index (Phi) is 4.41. The lowest BCUT2D eigenvalue weighted by Gasteiger charge is -2.14. The van der Waals surface area contributed by atoms with E-state index in [0.29, 0.717) is 12.4 Å². The normalized spacial score (nSPS) is 15.1. The van der Waals surface area contributed by atoms with Gasteiger partial charge in [0.25, 0.3) is 0 Å². The molecule has 1 N–H and O–H groups in total. The van der Waals surface area contributed by atoms with Crippen molar-refractivity contribution in [3.05, 3.63) is 23.8 Å². The van der Waals surface area contributed by atoms with Gasteiger partial charge in [-0.05, 0) is 31.8 Å². The van der Waals surface area contributed by atoms with Crippen LogP contribution in [0.3, 0.4) is 0 Å². The molecule has 1 heterocycles. The van der Waals surface area contributed by atoms with Crippen molar-refractivity contribution in [1.82, 2.24) is 4.90 Å². The number of nitrogens with zero attached hydrogens (tertiary/aromatic N) is 1. The van der Waals surface area contributed by atoms with Crippen LogP contribution in [0, 0.1) is 0 Å². The Balaban J connectivity index is 1.83. The van der Waals surface area contributed by atoms with E-state index in [4.69, 9.17) is 14.2 Å². The number of ether oxygens (including phenoxy) is 3. The van der Waals surface area contributed by atoms with Crippen LogP contribution in [0.5, 0.6) is 11.5 Å². The molecule has 0 bridgehead atoms. The van der Waals surface area contributed by atoms with Gasteiger partial charge in [0.1, 0.15) is 6.10 Å². The lowest BCUT2D eigenvalue weighted by molar-refractivity contribution is 0.0306. The highest BCUT2D eigenvalue weighted by molar-refractivity contribution is 5.45. The number of rotatable bonds is 6. The maximum atomic E-state index is 9.98. The summed E-state index contributed by atoms with van der Waals surface area (Å²) in [4.78, 5) is 2.03. The molecule has 0 saturated heterocycles. The molecule has 0 amide bonds. The summed E-state index contributed by atoms with van der Waals surface area (Å²) < 4.78 is 15.9. The van der Waals surface area contributed by atoms with Gasteiger partial charge in [0, 0.05) is 6.54 Å². The average molecular weight is 253 g/mol. The van der Waals surface area contributed by atoms with Crippen LogP contribution in [-0.4, -0.2) is 50.7 Å². The third kappa shape index (κ3) is 3.35. The Morgan fingerprint density at radius 3 is 2.89 bits per heavy atom. The Morgan fingerprint density at radius 2 is 2.11 bits per heavy atom. The highest BCUT2D eigenvalue weighted by Gasteiger charge is 2.16. The minimum Gasteiger partial charge on any atom is -0.454 e. The molecule has 0 aromatic heterocycles. The van der Waals surface area contributed by atoms with Crippen molar-refractivity contribution in [3.63, 3.8) is 0 Å². The van der Waals surface area contributed by atoms with Crippen LogP contribution in [0.25, 0.3) is 0 Å². The van der Waals surface area contributed by atoms with E-state index in [9.17, 15) is 5.11 Å². The summed E-state index contributed by atoms with van der Waals surface area (Å²) in [7, 11) is 3.97. The number of aliphatic hydroxyl groups excluding tert-OH is 1. The van der Waals surface area contributed by atoms with Gasteiger partial charge in [0.05, 0.1) is 13.2 Å². The second kappa shape index (κ2) is 6.04. The first kappa shape index (κ1) is 13.1. The van der Waals surface area contributed by atoms with Gasteiger partial charge in [-0.15, -0.1) is 0 Å². The van der Waals surface area contributed by atoms with Crippen molar-refractivity contribution in [1.29, 1.82) is 0 Å². The molecule has 2 rings (SSSR count). The highest BCUT2D eigenvalue weighted by atomic mass is 16.7. The van der Waals surface area contributed by atoms with E-state index in [-0.39, 0.29) is 13.4 Å². The van der Waals surface area contributed by atoms with Crippen LogP contribution >= 0.6 is 0 Å². The Labute approximate surface area is 107 Å². The van der Waals surface area contributed by atoms with Crippen molar-refractivity contribution in [2.45, 2.75) is 6.10 Å². The molecule has 100 valence electrons. The second-order valence-electron chi connectivity index (χ2n) is 4.51. The summed E-state index contributed by atoms with van der Waals surface area (Å²) in [5.41, 5.74) is 0.782. The quantitative estimate of drug-likeness (QED) is 0.767. The molecular formula is C13H19NO4. The number of fused-ring (bicyclic) bond motifs is 1. The van der Waals surface area contributed by atoms with Gasteiger partial charge < -0.3 is 24.2 Å². The predicted molar refractivity (Wildman–Crippen MR) is 66.9 cm³/mol. The number of hydrogen-bond donors (Lipinski definition) is 1. The maximum absolute atomic E-state index is 9.98. The molecule has 0 spiro atoms. The van der Waals surface area contributed by atoms with Gasteiger partial charge in [-0.3, -0.25) is 0 Å². The highest BCUT2D eigenvalue weighted by Crippen LogP contribution is 2.34. The molecule has 1 aromatic rings. The molecule has 0 aliphatic carbocycles. The van der Waals surface area contributed by atoms with E-state index in [1.165, 1.54) is 0 Å². The summed E-state index contributed by atoms with van der Waals surface area (Å²) in [6.45, 7) is 1.98. The fourth-order valence-corrected chi connectivity index (χ4v) is 1.66. The predicted octanol–water partition coefficient (Wildman–Crippen LogP) is 1.03. The lowest BCUT2D eigenvalue weighted by atomic mass is 10.1. The molecule has 0 saturated carbocycles. The van der Waals surface area contributed by atoms with Gasteiger partial charge in [-0.1, -0.05) is 6.07 Å². The zero-order valence-electron chi connectivity index (χ0n) is 10.8. The number of benzene rings is 1. The fraction of sp³-hybridized carbons (Fsp3) is 0.538. The smallest absolute Gasteiger partial charge is 0.231 e. The first-order valence-electron chi connectivity index (χ1n) is 5.97. The van der Waals surface area contributed by atoms with Crippen molar-refractivity contribution in [3.8, 4) is 11.5 Å². The van der Waals surface area contributed by atoms with Gasteiger partial charge >= 0.3 is 0 Å². The van der Waals surface area contributed by atoms with Crippen LogP contribution < -0.4 is 9.47 Å². The Morgan fingerprint density at radius 1 is 1.33 bits per heavy atom. The zero-order valence-corrected chi connectivity index (χ0v) is 10.8. The fourth-order valence-electron chi connectivity index (χ4n) is 1.66. The van der Waals surface area contributed by atoms with Gasteiger partial charge in [-0.2, -0.15) is 0 Å². The molecule has 0 radical (unpaired) electrons. The zero-order chi connectivity index (χ0) is 13.0. The van der Waals surface area contributed by atoms with Crippen molar-refractivity contribution >= 4 is 0 Å². The van der Waals surface area contributed by atoms with Gasteiger partial charge in [-0.25, -0.2) is 0 Å². The van der Waals surface area contributed by atoms with Gasteiger partial charge in [0.2, 0.25) is 6.79 Å². The lowest BCUT2D eigenvalue weighted by Crippen LogP contribution is -2.19. The minimum absolute atomic E-state index is 0.244. The Hall–Kier alpha value is -1.30. The minimum atomic E-state index is -0.637. The van der Waals surface area contributed by atoms with Crippen molar-refractivity contribution < 1.29 is 19.3 Å². The number of likely N-dealkylation sites (N-methyl/N-ethyl adjacent to an activating group) is 1. The molecule has 1 atom stereocenters. The van der Waals surface area contributed by atoms with Crippen LogP contribution in [0.4, 0.5) is 0 Å². The molecular weight excluding hydrogens is 234 g/mol. The molecule has 1 aliphatic heterocycles. The molecule has 1 aromatic carbocycles. The van der Waals surface area contributed by atoms with E-state index in [1.54, 1.807) is 12.1 Å². The summed E-state index contributed by atoms with van der Waals surface area (Å²) in [5.74, 6) is 1.40. The first-order valence-corrected chi connectivity index (χ1v) is 5.97. The SMILES string of the molecule is CN(C)CCOCC(O)c1ccc2c(c1)OCO2. The van der Waals surface area contributed by atoms with Gasteiger partial charge in [0.15, 0.2) is 11.5 Å². The number of hydrogen-bond acceptors (Lipinski definition) is 5. The number of aliphatic hydroxyl groups is 1. The Bertz CT molecular complexity index is 395. The largest absolute Gasteiger partial charge is 0.454 e. The van der Waals surface area contributed by atoms with Crippen LogP contribution in [0.2, 0.25) is 0 Å². The van der Waals surface area contributed by atoms with Crippen molar-refractivity contribution in [2.75, 3.05) is 40.6 Å². The topological polar surface area (TPSA) is 51.2 Å². The first-order chi connectivity index (χ1) is 8.66. The van der Waals surface area contributed by atoms with E-state index in [0.717, 1.165) is 17.9 Å². The third-order valence-corrected chi connectivity index (χ3v) is 2.74. The van der Waals surface area contributed by atoms with Crippen LogP contribution in [-0.2, 0) is 4.74 Å². The van der Waals surface area contributed by atoms with Crippen LogP contribution in [0.15, 0.2) is 18.2 Å². The molecule has 1 aliphatic rings. The summed E-state index contributed by atoms with van der Waals surface area (Å²) in [5, 5.41) is 9.98. The molecule has 1 unspecified atom stereocenters. The molecule has 18 heavy (non-hydrogen) atoms. The molecule has 5 heteroatoms. The van der Waals surface area contributed by atoms with Crippen LogP contribution in [0.1, 0.15) is 11.7 Å². The maximum Gasteiger partial charge on any atom is 0.231 e. The van der Waals surface area contributed by atoms with Crippen molar-refractivity contribution in [2.24, 2.45) is 0 Å². The third-order valence-electron chi connectivity index (χ3n) is 2.74. The molecule has 5 nitrogen and oxygen atoms in total. The second-order valence-corrected chi connectivity index (χ2v) is 4.51. The summed E-state index contributed by atoms with van der Waals surface area (Å²) >= 11 is 0.